The quantitative estimate of drug-likeness (QED) is 0.0113. The number of unbranched alkanes of at least 4 members (excludes halogenated alkanes) is 1. The number of nitrogens with zero attached hydrogens (tertiary/aromatic N) is 2. The van der Waals surface area contributed by atoms with Gasteiger partial charge in [0.2, 0.25) is 65.0 Å². The van der Waals surface area contributed by atoms with Gasteiger partial charge < -0.3 is 68.9 Å². The van der Waals surface area contributed by atoms with Gasteiger partial charge in [-0.3, -0.25) is 67.5 Å². The number of likely N-dealkylation sites (N-methyl/N-ethyl adjacent to an activating group) is 1. The van der Waals surface area contributed by atoms with E-state index in [1.54, 1.807) is 68.6 Å². The number of carbonyl (C=O) groups excluding carboxylic acids is 12. The number of imidazole rings is 1. The van der Waals surface area contributed by atoms with Crippen LogP contribution in [-0.2, 0) is 86.6 Å². The summed E-state index contributed by atoms with van der Waals surface area (Å²) in [6.45, 7) is 11.5. The standard InChI is InChI=1S/C74H100N16O15S2/c1-9-46(6)55(31-34-63(92)89-88-57(67(76)95)36-44(2)3)84-72(100)59(38-50-40-77-43-81-50)83-64(93)41-80-74(102)66(45(4)5)87-68(96)47(7)82-71(99)58(37-49-39-79-56-25-17-16-24-54(49)56)85-73(101)61(32-33-62(75)91)90(8)65(94)26-18-19-35-78-70(98)60(42-107(103,104)105)86-69(97)48-27-29-53(30-28-48)106(51-20-12-10-13-21-51)52-22-14-11-15-23-52/h10-17,20-25,27-30,39-40,43-47,55,57-61,66,79,88H,9,18-19,26,31-38,41-42H2,1-8H3,(H14-,75,76,77,78,80,81,82,83,84,85,86,87,89,91,92,93,95,96,97,98,99,100,101,102,103,104,105)/p+1/t46-,47-,55+,57-,58-,59-,60-,61-,66-/m0/s1. The van der Waals surface area contributed by atoms with Crippen molar-refractivity contribution in [1.82, 2.24) is 73.2 Å². The zero-order valence-corrected chi connectivity index (χ0v) is 63.0. The Balaban J connectivity index is 1.05. The zero-order chi connectivity index (χ0) is 78.5. The lowest BCUT2D eigenvalue weighted by molar-refractivity contribution is -0.141. The molecule has 0 aliphatic carbocycles. The summed E-state index contributed by atoms with van der Waals surface area (Å²) < 4.78 is 34.1. The number of fused-ring (bicyclic) bond motifs is 1. The second kappa shape index (κ2) is 42.0. The van der Waals surface area contributed by atoms with Crippen LogP contribution in [-0.4, -0.2) is 178 Å². The lowest BCUT2D eigenvalue weighted by atomic mass is 9.94. The van der Waals surface area contributed by atoms with Gasteiger partial charge in [-0.15, -0.1) is 0 Å². The normalized spacial score (nSPS) is 14.0. The van der Waals surface area contributed by atoms with E-state index in [-0.39, 0.29) is 81.7 Å². The molecule has 0 saturated carbocycles. The molecule has 0 radical (unpaired) electrons. The summed E-state index contributed by atoms with van der Waals surface area (Å²) in [6.07, 6.45) is 4.86. The van der Waals surface area contributed by atoms with Gasteiger partial charge in [0.15, 0.2) is 14.7 Å². The molecular formula is C74H101N16O15S2+. The number of amides is 12. The summed E-state index contributed by atoms with van der Waals surface area (Å²) in [7, 11) is -4.02. The highest BCUT2D eigenvalue weighted by Crippen LogP contribution is 2.31. The number of primary amides is 2. The number of hydrogen-bond acceptors (Lipinski definition) is 16. The number of hydrogen-bond donors (Lipinski definition) is 15. The van der Waals surface area contributed by atoms with Crippen molar-refractivity contribution in [3.8, 4) is 0 Å². The number of para-hydroxylation sites is 1. The number of nitrogens with one attached hydrogen (secondary N) is 12. The first-order chi connectivity index (χ1) is 50.8. The largest absolute Gasteiger partial charge is 0.370 e. The number of rotatable bonds is 44. The molecule has 12 amide bonds. The number of carbonyl (C=O) groups is 12. The van der Waals surface area contributed by atoms with Gasteiger partial charge in [0.05, 0.1) is 23.8 Å². The third kappa shape index (κ3) is 27.7. The van der Waals surface area contributed by atoms with Crippen molar-refractivity contribution in [2.24, 2.45) is 29.2 Å². The number of aromatic nitrogens is 3. The van der Waals surface area contributed by atoms with E-state index >= 15 is 0 Å². The molecule has 0 spiro atoms. The number of hydrazine groups is 1. The minimum Gasteiger partial charge on any atom is -0.370 e. The number of benzene rings is 4. The highest BCUT2D eigenvalue weighted by Gasteiger charge is 2.36. The molecule has 0 bridgehead atoms. The van der Waals surface area contributed by atoms with Crippen LogP contribution in [0.15, 0.2) is 143 Å². The van der Waals surface area contributed by atoms with Crippen molar-refractivity contribution in [3.05, 3.63) is 145 Å². The first-order valence-electron chi connectivity index (χ1n) is 35.5. The molecule has 9 atom stereocenters. The summed E-state index contributed by atoms with van der Waals surface area (Å²) in [5, 5.41) is 21.8. The molecule has 6 rings (SSSR count). The molecule has 0 unspecified atom stereocenters. The predicted octanol–water partition coefficient (Wildman–Crippen LogP) is 2.40. The van der Waals surface area contributed by atoms with E-state index in [9.17, 15) is 70.5 Å². The molecule has 17 N–H and O–H groups in total. The summed E-state index contributed by atoms with van der Waals surface area (Å²) in [5.41, 5.74) is 18.2. The fraction of sp³-hybridized carbons (Fsp3) is 0.446. The first kappa shape index (κ1) is 85.4. The van der Waals surface area contributed by atoms with Crippen molar-refractivity contribution in [3.63, 3.8) is 0 Å². The van der Waals surface area contributed by atoms with Crippen molar-refractivity contribution in [1.29, 1.82) is 0 Å². The van der Waals surface area contributed by atoms with Crippen LogP contribution < -0.4 is 64.9 Å². The molecular weight excluding hydrogens is 1420 g/mol. The Morgan fingerprint density at radius 2 is 1.23 bits per heavy atom. The van der Waals surface area contributed by atoms with Gasteiger partial charge in [-0.25, -0.2) is 10.4 Å². The van der Waals surface area contributed by atoms with Crippen LogP contribution in [0.4, 0.5) is 0 Å². The van der Waals surface area contributed by atoms with Crippen molar-refractivity contribution in [2.75, 3.05) is 25.9 Å². The Morgan fingerprint density at radius 3 is 1.83 bits per heavy atom. The topological polar surface area (TPSA) is 479 Å². The van der Waals surface area contributed by atoms with Crippen LogP contribution in [0.2, 0.25) is 0 Å². The number of H-pyrrole nitrogens is 2. The predicted molar refractivity (Wildman–Crippen MR) is 401 cm³/mol. The van der Waals surface area contributed by atoms with Gasteiger partial charge in [0, 0.05) is 86.3 Å². The van der Waals surface area contributed by atoms with E-state index < -0.39 is 158 Å². The van der Waals surface area contributed by atoms with Crippen LogP contribution in [0.25, 0.3) is 10.9 Å². The zero-order valence-electron chi connectivity index (χ0n) is 61.4. The molecule has 2 aromatic heterocycles. The number of aromatic amines is 2. The smallest absolute Gasteiger partial charge is 0.267 e. The summed E-state index contributed by atoms with van der Waals surface area (Å²) in [4.78, 5) is 177. The van der Waals surface area contributed by atoms with Crippen molar-refractivity contribution in [2.45, 2.75) is 182 Å². The fourth-order valence-electron chi connectivity index (χ4n) is 11.6. The molecule has 33 heteroatoms. The maximum Gasteiger partial charge on any atom is 0.267 e. The average Bonchev–Trinajstić information content (AvgIpc) is 1.37. The van der Waals surface area contributed by atoms with E-state index in [4.69, 9.17) is 11.5 Å². The van der Waals surface area contributed by atoms with Crippen LogP contribution in [0, 0.1) is 17.8 Å². The minimum absolute atomic E-state index is 0.0409. The molecule has 4 aromatic carbocycles. The molecule has 578 valence electrons. The molecule has 6 aromatic rings. The van der Waals surface area contributed by atoms with Gasteiger partial charge in [-0.2, -0.15) is 8.42 Å². The van der Waals surface area contributed by atoms with E-state index in [2.05, 4.69) is 68.3 Å². The summed E-state index contributed by atoms with van der Waals surface area (Å²) in [6, 6.07) is 23.6. The lowest BCUT2D eigenvalue weighted by Crippen LogP contribution is -2.59. The summed E-state index contributed by atoms with van der Waals surface area (Å²) >= 11 is 0. The van der Waals surface area contributed by atoms with Crippen molar-refractivity contribution < 1.29 is 70.5 Å². The Kier molecular flexibility index (Phi) is 33.5. The lowest BCUT2D eigenvalue weighted by Gasteiger charge is -2.30. The maximum atomic E-state index is 14.5. The second-order valence-corrected chi connectivity index (χ2v) is 30.5. The van der Waals surface area contributed by atoms with E-state index in [1.165, 1.54) is 26.5 Å². The molecule has 0 saturated heterocycles. The molecule has 2 heterocycles. The van der Waals surface area contributed by atoms with Crippen LogP contribution in [0.1, 0.15) is 128 Å². The van der Waals surface area contributed by atoms with Crippen molar-refractivity contribution >= 4 is 103 Å². The second-order valence-electron chi connectivity index (χ2n) is 27.0. The Hall–Kier alpha value is -10.5. The molecule has 0 aliphatic heterocycles. The fourth-order valence-corrected chi connectivity index (χ4v) is 14.3. The molecule has 0 aliphatic rings. The molecule has 0 fully saturated rings. The van der Waals surface area contributed by atoms with Gasteiger partial charge in [-0.1, -0.05) is 103 Å². The Bertz CT molecular complexity index is 4070. The highest BCUT2D eigenvalue weighted by molar-refractivity contribution is 7.97. The van der Waals surface area contributed by atoms with Gasteiger partial charge in [0.1, 0.15) is 48.0 Å². The first-order valence-corrected chi connectivity index (χ1v) is 38.3. The van der Waals surface area contributed by atoms with Crippen LogP contribution >= 0.6 is 0 Å². The monoisotopic (exact) mass is 1520 g/mol. The molecule has 31 nitrogen and oxygen atoms in total. The maximum absolute atomic E-state index is 14.5. The number of nitrogens with two attached hydrogens (primary N) is 2. The van der Waals surface area contributed by atoms with Gasteiger partial charge >= 0.3 is 0 Å². The van der Waals surface area contributed by atoms with Gasteiger partial charge in [0.25, 0.3) is 16.0 Å². The van der Waals surface area contributed by atoms with Gasteiger partial charge in [-0.05, 0) is 117 Å². The van der Waals surface area contributed by atoms with Crippen LogP contribution in [0.3, 0.4) is 0 Å². The van der Waals surface area contributed by atoms with E-state index in [0.717, 1.165) is 19.6 Å². The third-order valence-corrected chi connectivity index (χ3v) is 20.8. The van der Waals surface area contributed by atoms with Crippen LogP contribution in [0.5, 0.6) is 0 Å². The third-order valence-electron chi connectivity index (χ3n) is 17.8. The van der Waals surface area contributed by atoms with E-state index in [0.29, 0.717) is 35.0 Å². The highest BCUT2D eigenvalue weighted by atomic mass is 32.2. The van der Waals surface area contributed by atoms with E-state index in [1.807, 2.05) is 88.4 Å². The minimum atomic E-state index is -4.80. The SMILES string of the molecule is CC[C@H](C)[C@@H](CCC(=O)NN[C@@H](CC(C)C)C(N)=O)NC(=O)[C@H](Cc1cnc[nH]1)NC(=O)CNC(=O)[C@@H](NC(=O)[C@H](C)NC(=O)[C@H](Cc1c[nH]c2ccccc12)NC(=O)[C@H](CCC(N)=O)N(C)C(=O)CCCCNC(=O)[C@H](CS(=O)(=O)O)NC(=O)c1ccc([S+](c2ccccc2)c2ccccc2)cc1)C(C)C. The summed E-state index contributed by atoms with van der Waals surface area (Å²) in [5.74, 6) is -10.6. The Labute approximate surface area is 625 Å². The Morgan fingerprint density at radius 1 is 0.607 bits per heavy atom. The average molecular weight is 1520 g/mol. The molecule has 107 heavy (non-hydrogen) atoms.